The second-order valence-electron chi connectivity index (χ2n) is 3.89. The van der Waals surface area contributed by atoms with Crippen LogP contribution in [-0.4, -0.2) is 24.4 Å². The van der Waals surface area contributed by atoms with E-state index in [0.717, 1.165) is 12.1 Å². The molecule has 0 saturated heterocycles. The molecule has 2 aromatic rings. The van der Waals surface area contributed by atoms with Crippen molar-refractivity contribution in [2.75, 3.05) is 0 Å². The van der Waals surface area contributed by atoms with Crippen molar-refractivity contribution in [1.82, 2.24) is 4.79 Å². The van der Waals surface area contributed by atoms with Gasteiger partial charge in [0.15, 0.2) is 0 Å². The van der Waals surface area contributed by atoms with Crippen LogP contribution in [0.3, 0.4) is 0 Å². The average molecular weight is 323 g/mol. The standard InChI is InChI=1S/C9H8FNO7P2/c10-11-6-4-2-1-3-5(6)7(19(13,14)15)8(9(11)12)20(16,17)18/h1-4H,(H2,13,14,15)(H2,16,17,18). The maximum Gasteiger partial charge on any atom is 0.362 e. The summed E-state index contributed by atoms with van der Waals surface area (Å²) >= 11 is 0. The van der Waals surface area contributed by atoms with Crippen molar-refractivity contribution in [2.24, 2.45) is 0 Å². The predicted octanol–water partition coefficient (Wildman–Crippen LogP) is -0.660. The van der Waals surface area contributed by atoms with Gasteiger partial charge in [-0.2, -0.15) is 0 Å². The fourth-order valence-electron chi connectivity index (χ4n) is 1.83. The van der Waals surface area contributed by atoms with Gasteiger partial charge in [-0.05, 0) is 6.07 Å². The summed E-state index contributed by atoms with van der Waals surface area (Å²) in [5.74, 6) is 0. The summed E-state index contributed by atoms with van der Waals surface area (Å²) in [7, 11) is -10.6. The molecule has 0 aliphatic rings. The van der Waals surface area contributed by atoms with E-state index in [9.17, 15) is 28.2 Å². The van der Waals surface area contributed by atoms with Crippen molar-refractivity contribution in [3.8, 4) is 0 Å². The molecular formula is C9H8FNO7P2. The van der Waals surface area contributed by atoms with Gasteiger partial charge in [0.25, 0.3) is 5.56 Å². The van der Waals surface area contributed by atoms with Crippen molar-refractivity contribution in [2.45, 2.75) is 0 Å². The molecule has 0 bridgehead atoms. The Morgan fingerprint density at radius 1 is 0.950 bits per heavy atom. The fourth-order valence-corrected chi connectivity index (χ4v) is 4.22. The van der Waals surface area contributed by atoms with Crippen molar-refractivity contribution in [3.05, 3.63) is 34.6 Å². The molecule has 0 fully saturated rings. The zero-order chi connectivity index (χ0) is 15.3. The van der Waals surface area contributed by atoms with Crippen LogP contribution in [0.5, 0.6) is 0 Å². The van der Waals surface area contributed by atoms with Crippen LogP contribution < -0.4 is 16.2 Å². The van der Waals surface area contributed by atoms with Gasteiger partial charge in [0, 0.05) is 5.39 Å². The lowest BCUT2D eigenvalue weighted by Crippen LogP contribution is -2.42. The topological polar surface area (TPSA) is 137 Å². The van der Waals surface area contributed by atoms with Crippen LogP contribution in [0.4, 0.5) is 4.48 Å². The monoisotopic (exact) mass is 323 g/mol. The summed E-state index contributed by atoms with van der Waals surface area (Å²) in [5.41, 5.74) is -2.29. The Morgan fingerprint density at radius 3 is 1.95 bits per heavy atom. The lowest BCUT2D eigenvalue weighted by atomic mass is 10.2. The van der Waals surface area contributed by atoms with Crippen LogP contribution >= 0.6 is 15.2 Å². The number of rotatable bonds is 2. The van der Waals surface area contributed by atoms with Gasteiger partial charge in [0.2, 0.25) is 0 Å². The molecular weight excluding hydrogens is 315 g/mol. The molecule has 1 aromatic heterocycles. The lowest BCUT2D eigenvalue weighted by molar-refractivity contribution is 0.364. The third-order valence-corrected chi connectivity index (χ3v) is 4.78. The van der Waals surface area contributed by atoms with Crippen molar-refractivity contribution in [1.29, 1.82) is 0 Å². The molecule has 0 amide bonds. The molecule has 0 unspecified atom stereocenters. The van der Waals surface area contributed by atoms with E-state index in [2.05, 4.69) is 0 Å². The zero-order valence-electron chi connectivity index (χ0n) is 9.54. The van der Waals surface area contributed by atoms with Crippen molar-refractivity contribution in [3.63, 3.8) is 0 Å². The number of nitrogens with zero attached hydrogens (tertiary/aromatic N) is 1. The third-order valence-electron chi connectivity index (χ3n) is 2.56. The first kappa shape index (κ1) is 15.1. The normalized spacial score (nSPS) is 12.8. The van der Waals surface area contributed by atoms with Crippen LogP contribution in [0, 0.1) is 0 Å². The molecule has 0 saturated carbocycles. The second-order valence-corrected chi connectivity index (χ2v) is 6.96. The second kappa shape index (κ2) is 4.60. The molecule has 1 heterocycles. The molecule has 108 valence electrons. The van der Waals surface area contributed by atoms with Gasteiger partial charge in [-0.1, -0.05) is 22.7 Å². The number of benzene rings is 1. The van der Waals surface area contributed by atoms with E-state index >= 15 is 0 Å². The predicted molar refractivity (Wildman–Crippen MR) is 68.1 cm³/mol. The summed E-state index contributed by atoms with van der Waals surface area (Å²) in [6, 6.07) is 4.70. The maximum absolute atomic E-state index is 13.8. The average Bonchev–Trinajstić information content (AvgIpc) is 2.30. The third kappa shape index (κ3) is 2.35. The minimum absolute atomic E-state index is 0.443. The molecule has 20 heavy (non-hydrogen) atoms. The largest absolute Gasteiger partial charge is 0.362 e. The fraction of sp³-hybridized carbons (Fsp3) is 0. The van der Waals surface area contributed by atoms with Crippen molar-refractivity contribution < 1.29 is 33.2 Å². The molecule has 0 aliphatic carbocycles. The SMILES string of the molecule is O=c1c(P(=O)(O)O)c(P(=O)(O)O)c2ccccc2n1F. The minimum atomic E-state index is -5.39. The van der Waals surface area contributed by atoms with Crippen molar-refractivity contribution >= 4 is 36.7 Å². The van der Waals surface area contributed by atoms with Crippen LogP contribution in [0.15, 0.2) is 29.1 Å². The highest BCUT2D eigenvalue weighted by Crippen LogP contribution is 2.41. The van der Waals surface area contributed by atoms with Gasteiger partial charge in [-0.3, -0.25) is 13.9 Å². The van der Waals surface area contributed by atoms with Gasteiger partial charge in [-0.15, -0.1) is 4.79 Å². The molecule has 0 atom stereocenters. The van der Waals surface area contributed by atoms with E-state index in [-0.39, 0.29) is 0 Å². The summed E-state index contributed by atoms with van der Waals surface area (Å²) < 4.78 is 36.5. The molecule has 0 aliphatic heterocycles. The number of halogens is 1. The van der Waals surface area contributed by atoms with Gasteiger partial charge in [0.05, 0.1) is 10.8 Å². The molecule has 1 aromatic carbocycles. The zero-order valence-corrected chi connectivity index (χ0v) is 11.3. The number of pyridine rings is 1. The highest BCUT2D eigenvalue weighted by molar-refractivity contribution is 7.67. The quantitative estimate of drug-likeness (QED) is 0.538. The Bertz CT molecular complexity index is 849. The van der Waals surface area contributed by atoms with E-state index in [0.29, 0.717) is 0 Å². The van der Waals surface area contributed by atoms with Crippen LogP contribution in [0.25, 0.3) is 10.9 Å². The number of hydrogen-bond donors (Lipinski definition) is 4. The first-order valence-electron chi connectivity index (χ1n) is 5.01. The number of hydrogen-bond acceptors (Lipinski definition) is 3. The van der Waals surface area contributed by atoms with Gasteiger partial charge in [0.1, 0.15) is 5.30 Å². The maximum atomic E-state index is 13.8. The van der Waals surface area contributed by atoms with E-state index in [4.69, 9.17) is 9.79 Å². The molecule has 8 nitrogen and oxygen atoms in total. The smallest absolute Gasteiger partial charge is 0.321 e. The lowest BCUT2D eigenvalue weighted by Gasteiger charge is -2.15. The van der Waals surface area contributed by atoms with E-state index in [1.54, 1.807) is 0 Å². The number of para-hydroxylation sites is 1. The van der Waals surface area contributed by atoms with Crippen LogP contribution in [-0.2, 0) is 9.13 Å². The minimum Gasteiger partial charge on any atom is -0.321 e. The van der Waals surface area contributed by atoms with Gasteiger partial charge >= 0.3 is 15.2 Å². The van der Waals surface area contributed by atoms with E-state index in [1.165, 1.54) is 12.1 Å². The molecule has 2 rings (SSSR count). The van der Waals surface area contributed by atoms with E-state index in [1.807, 2.05) is 0 Å². The Kier molecular flexibility index (Phi) is 3.46. The molecule has 0 spiro atoms. The summed E-state index contributed by atoms with van der Waals surface area (Å²) in [4.78, 5) is 47.8. The Labute approximate surface area is 110 Å². The number of fused-ring (bicyclic) bond motifs is 1. The number of aromatic nitrogens is 1. The highest BCUT2D eigenvalue weighted by Gasteiger charge is 2.37. The van der Waals surface area contributed by atoms with Crippen LogP contribution in [0.1, 0.15) is 0 Å². The molecule has 0 radical (unpaired) electrons. The summed E-state index contributed by atoms with van der Waals surface area (Å²) in [6.07, 6.45) is 0. The van der Waals surface area contributed by atoms with Gasteiger partial charge < -0.3 is 19.6 Å². The Balaban J connectivity index is 3.22. The van der Waals surface area contributed by atoms with E-state index < -0.39 is 47.1 Å². The van der Waals surface area contributed by atoms with Crippen LogP contribution in [0.2, 0.25) is 0 Å². The Hall–Kier alpha value is -1.34. The van der Waals surface area contributed by atoms with Gasteiger partial charge in [-0.25, -0.2) is 0 Å². The first-order chi connectivity index (χ1) is 9.05. The molecule has 11 heteroatoms. The summed E-state index contributed by atoms with van der Waals surface area (Å²) in [5, 5.41) is -3.13. The summed E-state index contributed by atoms with van der Waals surface area (Å²) in [6.45, 7) is 0. The first-order valence-corrected chi connectivity index (χ1v) is 8.23. The Morgan fingerprint density at radius 2 is 1.45 bits per heavy atom. The highest BCUT2D eigenvalue weighted by atomic mass is 31.2. The molecule has 4 N–H and O–H groups in total.